The molecule has 112 valence electrons. The lowest BCUT2D eigenvalue weighted by Gasteiger charge is -2.07. The summed E-state index contributed by atoms with van der Waals surface area (Å²) in [5.74, 6) is -0.230. The smallest absolute Gasteiger partial charge is 0.267 e. The third-order valence-corrected chi connectivity index (χ3v) is 5.72. The van der Waals surface area contributed by atoms with Crippen molar-refractivity contribution in [3.05, 3.63) is 61.4 Å². The van der Waals surface area contributed by atoms with Crippen molar-refractivity contribution in [2.45, 2.75) is 6.92 Å². The van der Waals surface area contributed by atoms with Gasteiger partial charge >= 0.3 is 0 Å². The van der Waals surface area contributed by atoms with Crippen LogP contribution >= 0.6 is 50.5 Å². The zero-order chi connectivity index (χ0) is 15.9. The van der Waals surface area contributed by atoms with Gasteiger partial charge in [0.1, 0.15) is 4.88 Å². The summed E-state index contributed by atoms with van der Waals surface area (Å²) in [7, 11) is 0. The Balaban J connectivity index is 1.97. The van der Waals surface area contributed by atoms with E-state index in [4.69, 9.17) is 23.2 Å². The Morgan fingerprint density at radius 3 is 2.68 bits per heavy atom. The van der Waals surface area contributed by atoms with Crippen LogP contribution in [0.25, 0.3) is 10.1 Å². The largest absolute Gasteiger partial charge is 0.320 e. The van der Waals surface area contributed by atoms with Crippen molar-refractivity contribution in [2.24, 2.45) is 0 Å². The summed E-state index contributed by atoms with van der Waals surface area (Å²) in [5.41, 5.74) is 1.82. The van der Waals surface area contributed by atoms with E-state index in [1.54, 1.807) is 6.07 Å². The minimum Gasteiger partial charge on any atom is -0.320 e. The van der Waals surface area contributed by atoms with E-state index in [0.29, 0.717) is 20.6 Å². The fourth-order valence-corrected chi connectivity index (χ4v) is 4.37. The first-order valence-corrected chi connectivity index (χ1v) is 8.77. The molecule has 3 aromatic rings. The van der Waals surface area contributed by atoms with Gasteiger partial charge in [-0.25, -0.2) is 0 Å². The van der Waals surface area contributed by atoms with Gasteiger partial charge in [0.25, 0.3) is 5.91 Å². The lowest BCUT2D eigenvalue weighted by atomic mass is 10.2. The highest BCUT2D eigenvalue weighted by molar-refractivity contribution is 9.10. The fourth-order valence-electron chi connectivity index (χ4n) is 2.09. The number of amides is 1. The molecule has 1 heterocycles. The third-order valence-electron chi connectivity index (χ3n) is 3.17. The molecular formula is C16H10BrCl2NOS. The van der Waals surface area contributed by atoms with Crippen LogP contribution in [0.15, 0.2) is 40.9 Å². The Bertz CT molecular complexity index is 891. The second kappa shape index (κ2) is 6.20. The first-order chi connectivity index (χ1) is 10.5. The number of thiophene rings is 1. The average Bonchev–Trinajstić information content (AvgIpc) is 2.78. The Morgan fingerprint density at radius 1 is 1.18 bits per heavy atom. The predicted octanol–water partition coefficient (Wildman–Crippen LogP) is 6.53. The molecule has 0 aliphatic heterocycles. The van der Waals surface area contributed by atoms with E-state index in [-0.39, 0.29) is 5.91 Å². The molecule has 0 fully saturated rings. The molecule has 2 aromatic carbocycles. The number of anilines is 1. The van der Waals surface area contributed by atoms with E-state index in [1.807, 2.05) is 37.3 Å². The van der Waals surface area contributed by atoms with Crippen LogP contribution in [0.4, 0.5) is 5.69 Å². The zero-order valence-corrected chi connectivity index (χ0v) is 15.3. The molecule has 0 spiro atoms. The quantitative estimate of drug-likeness (QED) is 0.507. The van der Waals surface area contributed by atoms with Crippen LogP contribution in [0.3, 0.4) is 0 Å². The van der Waals surface area contributed by atoms with Crippen molar-refractivity contribution in [2.75, 3.05) is 5.32 Å². The van der Waals surface area contributed by atoms with Crippen LogP contribution in [-0.2, 0) is 0 Å². The van der Waals surface area contributed by atoms with Crippen LogP contribution in [-0.4, -0.2) is 5.91 Å². The molecule has 1 aromatic heterocycles. The molecule has 0 atom stereocenters. The molecule has 1 N–H and O–H groups in total. The van der Waals surface area contributed by atoms with Gasteiger partial charge < -0.3 is 5.32 Å². The summed E-state index contributed by atoms with van der Waals surface area (Å²) in [6.07, 6.45) is 0. The number of halogens is 3. The molecule has 22 heavy (non-hydrogen) atoms. The average molecular weight is 415 g/mol. The minimum atomic E-state index is -0.230. The topological polar surface area (TPSA) is 29.1 Å². The number of carbonyl (C=O) groups is 1. The maximum Gasteiger partial charge on any atom is 0.267 e. The fraction of sp³-hybridized carbons (Fsp3) is 0.0625. The predicted molar refractivity (Wildman–Crippen MR) is 98.7 cm³/mol. The summed E-state index contributed by atoms with van der Waals surface area (Å²) in [5, 5.41) is 4.79. The summed E-state index contributed by atoms with van der Waals surface area (Å²) < 4.78 is 1.73. The molecule has 0 aliphatic carbocycles. The Morgan fingerprint density at radius 2 is 1.95 bits per heavy atom. The molecule has 2 nitrogen and oxygen atoms in total. The normalized spacial score (nSPS) is 10.9. The van der Waals surface area contributed by atoms with Crippen molar-refractivity contribution in [3.63, 3.8) is 0 Å². The van der Waals surface area contributed by atoms with E-state index in [0.717, 1.165) is 20.1 Å². The molecule has 0 radical (unpaired) electrons. The minimum absolute atomic E-state index is 0.230. The molecule has 6 heteroatoms. The van der Waals surface area contributed by atoms with Gasteiger partial charge in [0.2, 0.25) is 0 Å². The van der Waals surface area contributed by atoms with Crippen molar-refractivity contribution in [1.82, 2.24) is 0 Å². The molecular weight excluding hydrogens is 405 g/mol. The van der Waals surface area contributed by atoms with Crippen molar-refractivity contribution >= 4 is 72.1 Å². The summed E-state index contributed by atoms with van der Waals surface area (Å²) in [6.45, 7) is 1.99. The maximum absolute atomic E-state index is 12.5. The number of nitrogens with one attached hydrogen (secondary N) is 1. The highest BCUT2D eigenvalue weighted by atomic mass is 79.9. The van der Waals surface area contributed by atoms with E-state index in [1.165, 1.54) is 11.3 Å². The molecule has 0 aliphatic rings. The van der Waals surface area contributed by atoms with Crippen molar-refractivity contribution < 1.29 is 4.79 Å². The van der Waals surface area contributed by atoms with Gasteiger partial charge in [-0.05, 0) is 52.7 Å². The lowest BCUT2D eigenvalue weighted by molar-refractivity contribution is 0.103. The van der Waals surface area contributed by atoms with E-state index in [9.17, 15) is 4.79 Å². The molecule has 3 rings (SSSR count). The number of hydrogen-bond donors (Lipinski definition) is 1. The number of fused-ring (bicyclic) bond motifs is 1. The van der Waals surface area contributed by atoms with Gasteiger partial charge in [-0.2, -0.15) is 0 Å². The molecule has 0 bridgehead atoms. The number of benzene rings is 2. The van der Waals surface area contributed by atoms with E-state index >= 15 is 0 Å². The Labute approximate surface area is 150 Å². The number of hydrogen-bond acceptors (Lipinski definition) is 2. The lowest BCUT2D eigenvalue weighted by Crippen LogP contribution is -2.11. The maximum atomic E-state index is 12.5. The van der Waals surface area contributed by atoms with Crippen LogP contribution in [0.5, 0.6) is 0 Å². The highest BCUT2D eigenvalue weighted by Gasteiger charge is 2.18. The summed E-state index contributed by atoms with van der Waals surface area (Å²) in [4.78, 5) is 13.0. The SMILES string of the molecule is Cc1ccc(NC(=O)c2sc3cc(Cl)ccc3c2Cl)c(Br)c1. The second-order valence-electron chi connectivity index (χ2n) is 4.82. The van der Waals surface area contributed by atoms with Gasteiger partial charge in [0.05, 0.1) is 10.7 Å². The van der Waals surface area contributed by atoms with Gasteiger partial charge in [-0.15, -0.1) is 11.3 Å². The molecule has 1 amide bonds. The molecule has 0 saturated heterocycles. The standard InChI is InChI=1S/C16H10BrCl2NOS/c1-8-2-5-12(11(17)6-8)20-16(21)15-14(19)10-4-3-9(18)7-13(10)22-15/h2-7H,1H3,(H,20,21). The molecule has 0 unspecified atom stereocenters. The third kappa shape index (κ3) is 3.01. The van der Waals surface area contributed by atoms with Gasteiger partial charge in [-0.1, -0.05) is 35.3 Å². The number of carbonyl (C=O) groups excluding carboxylic acids is 1. The van der Waals surface area contributed by atoms with Crippen molar-refractivity contribution in [1.29, 1.82) is 0 Å². The van der Waals surface area contributed by atoms with E-state index < -0.39 is 0 Å². The summed E-state index contributed by atoms with van der Waals surface area (Å²) in [6, 6.07) is 11.1. The van der Waals surface area contributed by atoms with Gasteiger partial charge in [-0.3, -0.25) is 4.79 Å². The van der Waals surface area contributed by atoms with Gasteiger partial charge in [0, 0.05) is 19.6 Å². The first kappa shape index (κ1) is 15.8. The summed E-state index contributed by atoms with van der Waals surface area (Å²) >= 11 is 17.1. The Kier molecular flexibility index (Phi) is 4.46. The molecule has 0 saturated carbocycles. The monoisotopic (exact) mass is 413 g/mol. The van der Waals surface area contributed by atoms with Gasteiger partial charge in [0.15, 0.2) is 0 Å². The number of aryl methyl sites for hydroxylation is 1. The number of rotatable bonds is 2. The second-order valence-corrected chi connectivity index (χ2v) is 7.54. The van der Waals surface area contributed by atoms with Crippen molar-refractivity contribution in [3.8, 4) is 0 Å². The Hall–Kier alpha value is -1.07. The van der Waals surface area contributed by atoms with Crippen LogP contribution in [0.2, 0.25) is 10.0 Å². The zero-order valence-electron chi connectivity index (χ0n) is 11.4. The van der Waals surface area contributed by atoms with Crippen LogP contribution in [0.1, 0.15) is 15.2 Å². The highest BCUT2D eigenvalue weighted by Crippen LogP contribution is 2.37. The van der Waals surface area contributed by atoms with Crippen LogP contribution < -0.4 is 5.32 Å². The van der Waals surface area contributed by atoms with E-state index in [2.05, 4.69) is 21.2 Å². The van der Waals surface area contributed by atoms with Crippen LogP contribution in [0, 0.1) is 6.92 Å². The first-order valence-electron chi connectivity index (χ1n) is 6.41.